The molecule has 6 heteroatoms. The molecule has 0 aliphatic heterocycles. The maximum Gasteiger partial charge on any atom is 0.255 e. The second-order valence-electron chi connectivity index (χ2n) is 5.94. The quantitative estimate of drug-likeness (QED) is 0.679. The highest BCUT2D eigenvalue weighted by atomic mass is 16.5. The van der Waals surface area contributed by atoms with Crippen LogP contribution in [-0.2, 0) is 0 Å². The summed E-state index contributed by atoms with van der Waals surface area (Å²) < 4.78 is 10.5. The molecule has 0 bridgehead atoms. The summed E-state index contributed by atoms with van der Waals surface area (Å²) in [6.07, 6.45) is 1.59. The zero-order valence-corrected chi connectivity index (χ0v) is 15.4. The van der Waals surface area contributed by atoms with Crippen molar-refractivity contribution in [3.63, 3.8) is 0 Å². The van der Waals surface area contributed by atoms with Crippen molar-refractivity contribution in [3.8, 4) is 11.5 Å². The van der Waals surface area contributed by atoms with Crippen LogP contribution in [0.4, 0.5) is 17.2 Å². The lowest BCUT2D eigenvalue weighted by Gasteiger charge is -2.12. The molecule has 3 aromatic rings. The summed E-state index contributed by atoms with van der Waals surface area (Å²) in [6.45, 7) is 2.03. The Balaban J connectivity index is 1.76. The highest BCUT2D eigenvalue weighted by molar-refractivity contribution is 6.05. The fraction of sp³-hybridized carbons (Fsp3) is 0.143. The van der Waals surface area contributed by atoms with Crippen molar-refractivity contribution in [2.24, 2.45) is 0 Å². The van der Waals surface area contributed by atoms with E-state index in [0.717, 1.165) is 5.69 Å². The first kappa shape index (κ1) is 18.3. The number of hydrogen-bond donors (Lipinski definition) is 2. The average Bonchev–Trinajstić information content (AvgIpc) is 2.70. The smallest absolute Gasteiger partial charge is 0.255 e. The molecular formula is C21H21N3O3. The molecule has 2 N–H and O–H groups in total. The molecule has 0 spiro atoms. The van der Waals surface area contributed by atoms with Gasteiger partial charge in [-0.25, -0.2) is 4.98 Å². The van der Waals surface area contributed by atoms with Gasteiger partial charge in [0.1, 0.15) is 17.3 Å². The number of pyridine rings is 1. The average molecular weight is 363 g/mol. The molecule has 0 unspecified atom stereocenters. The van der Waals surface area contributed by atoms with E-state index in [1.807, 2.05) is 31.2 Å². The molecule has 1 amide bonds. The Morgan fingerprint density at radius 1 is 0.963 bits per heavy atom. The molecule has 138 valence electrons. The van der Waals surface area contributed by atoms with Crippen LogP contribution >= 0.6 is 0 Å². The van der Waals surface area contributed by atoms with Gasteiger partial charge in [0.2, 0.25) is 0 Å². The van der Waals surface area contributed by atoms with E-state index in [1.165, 1.54) is 5.56 Å². The summed E-state index contributed by atoms with van der Waals surface area (Å²) >= 11 is 0. The van der Waals surface area contributed by atoms with Crippen molar-refractivity contribution in [3.05, 3.63) is 71.9 Å². The van der Waals surface area contributed by atoms with E-state index >= 15 is 0 Å². The van der Waals surface area contributed by atoms with E-state index in [1.54, 1.807) is 50.7 Å². The van der Waals surface area contributed by atoms with Crippen LogP contribution in [0, 0.1) is 6.92 Å². The summed E-state index contributed by atoms with van der Waals surface area (Å²) in [6, 6.07) is 16.5. The third kappa shape index (κ3) is 4.55. The second kappa shape index (κ2) is 8.23. The molecule has 0 radical (unpaired) electrons. The molecule has 2 aromatic carbocycles. The van der Waals surface area contributed by atoms with Crippen LogP contribution in [0.25, 0.3) is 0 Å². The molecule has 27 heavy (non-hydrogen) atoms. The number of methoxy groups -OCH3 is 2. The molecule has 6 nitrogen and oxygen atoms in total. The third-order valence-corrected chi connectivity index (χ3v) is 4.00. The predicted octanol–water partition coefficient (Wildman–Crippen LogP) is 4.40. The normalized spacial score (nSPS) is 10.2. The molecule has 1 aromatic heterocycles. The van der Waals surface area contributed by atoms with Crippen molar-refractivity contribution in [1.29, 1.82) is 0 Å². The number of hydrogen-bond acceptors (Lipinski definition) is 5. The Bertz CT molecular complexity index is 940. The standard InChI is InChI=1S/C21H21N3O3/c1-14-4-6-16(7-5-14)23-20-12-15(10-11-22-20)21(25)24-18-9-8-17(26-2)13-19(18)27-3/h4-13H,1-3H3,(H,22,23)(H,24,25). The van der Waals surface area contributed by atoms with Gasteiger partial charge in [0.15, 0.2) is 0 Å². The van der Waals surface area contributed by atoms with Gasteiger partial charge in [-0.3, -0.25) is 4.79 Å². The van der Waals surface area contributed by atoms with Crippen LogP contribution in [0.15, 0.2) is 60.8 Å². The van der Waals surface area contributed by atoms with E-state index in [4.69, 9.17) is 9.47 Å². The Hall–Kier alpha value is -3.54. The number of nitrogens with one attached hydrogen (secondary N) is 2. The highest BCUT2D eigenvalue weighted by Gasteiger charge is 2.12. The first-order chi connectivity index (χ1) is 13.1. The number of ether oxygens (including phenoxy) is 2. The number of benzene rings is 2. The Morgan fingerprint density at radius 2 is 1.74 bits per heavy atom. The number of anilines is 3. The molecule has 0 atom stereocenters. The van der Waals surface area contributed by atoms with E-state index in [9.17, 15) is 4.79 Å². The SMILES string of the molecule is COc1ccc(NC(=O)c2ccnc(Nc3ccc(C)cc3)c2)c(OC)c1. The van der Waals surface area contributed by atoms with Gasteiger partial charge in [-0.2, -0.15) is 0 Å². The summed E-state index contributed by atoms with van der Waals surface area (Å²) in [5, 5.41) is 6.05. The topological polar surface area (TPSA) is 72.5 Å². The lowest BCUT2D eigenvalue weighted by atomic mass is 10.2. The number of aromatic nitrogens is 1. The summed E-state index contributed by atoms with van der Waals surface area (Å²) in [4.78, 5) is 16.9. The second-order valence-corrected chi connectivity index (χ2v) is 5.94. The maximum atomic E-state index is 12.6. The fourth-order valence-corrected chi connectivity index (χ4v) is 2.52. The van der Waals surface area contributed by atoms with E-state index in [2.05, 4.69) is 15.6 Å². The summed E-state index contributed by atoms with van der Waals surface area (Å²) in [7, 11) is 3.12. The first-order valence-electron chi connectivity index (χ1n) is 8.42. The third-order valence-electron chi connectivity index (χ3n) is 4.00. The van der Waals surface area contributed by atoms with Gasteiger partial charge < -0.3 is 20.1 Å². The van der Waals surface area contributed by atoms with Gasteiger partial charge in [-0.15, -0.1) is 0 Å². The number of amides is 1. The Morgan fingerprint density at radius 3 is 2.44 bits per heavy atom. The Kier molecular flexibility index (Phi) is 5.56. The molecule has 0 saturated heterocycles. The minimum atomic E-state index is -0.257. The zero-order chi connectivity index (χ0) is 19.2. The monoisotopic (exact) mass is 363 g/mol. The number of aryl methyl sites for hydroxylation is 1. The lowest BCUT2D eigenvalue weighted by molar-refractivity contribution is 0.102. The minimum absolute atomic E-state index is 0.257. The fourth-order valence-electron chi connectivity index (χ4n) is 2.52. The van der Waals surface area contributed by atoms with Crippen LogP contribution in [0.5, 0.6) is 11.5 Å². The van der Waals surface area contributed by atoms with Crippen molar-refractivity contribution < 1.29 is 14.3 Å². The van der Waals surface area contributed by atoms with Gasteiger partial charge in [-0.1, -0.05) is 17.7 Å². The van der Waals surface area contributed by atoms with Gasteiger partial charge in [0.05, 0.1) is 19.9 Å². The first-order valence-corrected chi connectivity index (χ1v) is 8.42. The molecule has 0 aliphatic carbocycles. The molecule has 0 saturated carbocycles. The van der Waals surface area contributed by atoms with E-state index in [-0.39, 0.29) is 5.91 Å². The van der Waals surface area contributed by atoms with E-state index < -0.39 is 0 Å². The number of carbonyl (C=O) groups excluding carboxylic acids is 1. The van der Waals surface area contributed by atoms with Crippen LogP contribution in [0.3, 0.4) is 0 Å². The van der Waals surface area contributed by atoms with E-state index in [0.29, 0.717) is 28.6 Å². The number of carbonyl (C=O) groups is 1. The lowest BCUT2D eigenvalue weighted by Crippen LogP contribution is -2.13. The number of rotatable bonds is 6. The van der Waals surface area contributed by atoms with Gasteiger partial charge in [-0.05, 0) is 43.3 Å². The van der Waals surface area contributed by atoms with Crippen LogP contribution in [0.2, 0.25) is 0 Å². The van der Waals surface area contributed by atoms with Crippen LogP contribution in [-0.4, -0.2) is 25.1 Å². The van der Waals surface area contributed by atoms with Crippen molar-refractivity contribution in [2.45, 2.75) is 6.92 Å². The highest BCUT2D eigenvalue weighted by Crippen LogP contribution is 2.29. The van der Waals surface area contributed by atoms with Gasteiger partial charge >= 0.3 is 0 Å². The molecule has 0 aliphatic rings. The Labute approximate surface area is 158 Å². The van der Waals surface area contributed by atoms with Crippen molar-refractivity contribution in [2.75, 3.05) is 24.9 Å². The molecule has 1 heterocycles. The van der Waals surface area contributed by atoms with Crippen LogP contribution in [0.1, 0.15) is 15.9 Å². The van der Waals surface area contributed by atoms with Gasteiger partial charge in [0, 0.05) is 23.5 Å². The molecule has 3 rings (SSSR count). The summed E-state index contributed by atoms with van der Waals surface area (Å²) in [5.41, 5.74) is 3.13. The largest absolute Gasteiger partial charge is 0.497 e. The maximum absolute atomic E-state index is 12.6. The molecular weight excluding hydrogens is 342 g/mol. The zero-order valence-electron chi connectivity index (χ0n) is 15.4. The van der Waals surface area contributed by atoms with Crippen molar-refractivity contribution >= 4 is 23.1 Å². The minimum Gasteiger partial charge on any atom is -0.497 e. The van der Waals surface area contributed by atoms with Gasteiger partial charge in [0.25, 0.3) is 5.91 Å². The predicted molar refractivity (Wildman–Crippen MR) is 106 cm³/mol. The van der Waals surface area contributed by atoms with Crippen LogP contribution < -0.4 is 20.1 Å². The number of nitrogens with zero attached hydrogens (tertiary/aromatic N) is 1. The summed E-state index contributed by atoms with van der Waals surface area (Å²) in [5.74, 6) is 1.51. The van der Waals surface area contributed by atoms with Crippen molar-refractivity contribution in [1.82, 2.24) is 4.98 Å². The molecule has 0 fully saturated rings.